The molecule has 1 N–H and O–H groups in total. The van der Waals surface area contributed by atoms with Gasteiger partial charge in [-0.25, -0.2) is 4.79 Å². The van der Waals surface area contributed by atoms with E-state index in [1.807, 2.05) is 29.5 Å². The van der Waals surface area contributed by atoms with E-state index in [4.69, 9.17) is 4.74 Å². The second kappa shape index (κ2) is 4.63. The molecule has 1 amide bonds. The van der Waals surface area contributed by atoms with E-state index in [0.29, 0.717) is 15.9 Å². The van der Waals surface area contributed by atoms with Crippen LogP contribution in [0.15, 0.2) is 0 Å². The number of hydrogen-bond donors (Lipinski definition) is 1. The normalized spacial score (nSPS) is 18.5. The first kappa shape index (κ1) is 12.3. The Hall–Kier alpha value is -1.12. The third-order valence-corrected chi connectivity index (χ3v) is 3.18. The standard InChI is InChI=1S/C10H12IN3O3/c1-3-17-10(16)6-7-9(15)12-5(2)4-14(7)13-8(6)11/h5H,3-4H2,1-2H3,(H,12,15). The lowest BCUT2D eigenvalue weighted by Gasteiger charge is -2.21. The number of esters is 1. The van der Waals surface area contributed by atoms with Crippen molar-refractivity contribution in [2.45, 2.75) is 26.4 Å². The SMILES string of the molecule is CCOC(=O)c1c(I)nn2c1C(=O)NC(C)C2. The highest BCUT2D eigenvalue weighted by Crippen LogP contribution is 2.20. The first-order valence-electron chi connectivity index (χ1n) is 5.28. The van der Waals surface area contributed by atoms with Gasteiger partial charge >= 0.3 is 5.97 Å². The van der Waals surface area contributed by atoms with Gasteiger partial charge in [-0.15, -0.1) is 0 Å². The maximum atomic E-state index is 11.9. The zero-order valence-electron chi connectivity index (χ0n) is 9.49. The largest absolute Gasteiger partial charge is 0.462 e. The van der Waals surface area contributed by atoms with Gasteiger partial charge in [0.05, 0.1) is 13.2 Å². The molecule has 7 heteroatoms. The Balaban J connectivity index is 2.48. The topological polar surface area (TPSA) is 73.2 Å². The van der Waals surface area contributed by atoms with Crippen LogP contribution in [-0.4, -0.2) is 34.3 Å². The number of aromatic nitrogens is 2. The number of halogens is 1. The summed E-state index contributed by atoms with van der Waals surface area (Å²) in [5.74, 6) is -0.773. The predicted molar refractivity (Wildman–Crippen MR) is 67.8 cm³/mol. The molecule has 0 fully saturated rings. The second-order valence-corrected chi connectivity index (χ2v) is 4.81. The monoisotopic (exact) mass is 349 g/mol. The summed E-state index contributed by atoms with van der Waals surface area (Å²) in [6.45, 7) is 4.45. The highest BCUT2D eigenvalue weighted by atomic mass is 127. The number of nitrogens with one attached hydrogen (secondary N) is 1. The van der Waals surface area contributed by atoms with Crippen LogP contribution in [0.3, 0.4) is 0 Å². The molecule has 17 heavy (non-hydrogen) atoms. The van der Waals surface area contributed by atoms with Gasteiger partial charge in [-0.05, 0) is 36.4 Å². The van der Waals surface area contributed by atoms with Gasteiger partial charge in [0.15, 0.2) is 0 Å². The molecule has 2 heterocycles. The van der Waals surface area contributed by atoms with E-state index in [9.17, 15) is 9.59 Å². The summed E-state index contributed by atoms with van der Waals surface area (Å²) in [4.78, 5) is 23.6. The minimum atomic E-state index is -0.497. The maximum Gasteiger partial charge on any atom is 0.343 e. The van der Waals surface area contributed by atoms with Gasteiger partial charge in [0, 0.05) is 6.04 Å². The fourth-order valence-electron chi connectivity index (χ4n) is 1.78. The number of nitrogens with zero attached hydrogens (tertiary/aromatic N) is 2. The third-order valence-electron chi connectivity index (χ3n) is 2.43. The Morgan fingerprint density at radius 2 is 2.41 bits per heavy atom. The van der Waals surface area contributed by atoms with Crippen LogP contribution in [0.1, 0.15) is 34.7 Å². The van der Waals surface area contributed by atoms with Crippen molar-refractivity contribution in [2.75, 3.05) is 6.61 Å². The van der Waals surface area contributed by atoms with E-state index < -0.39 is 5.97 Å². The lowest BCUT2D eigenvalue weighted by atomic mass is 10.2. The number of rotatable bonds is 2. The molecule has 0 aliphatic carbocycles. The number of carbonyl (C=O) groups excluding carboxylic acids is 2. The van der Waals surface area contributed by atoms with Crippen molar-refractivity contribution in [3.05, 3.63) is 15.0 Å². The average molecular weight is 349 g/mol. The van der Waals surface area contributed by atoms with Crippen LogP contribution in [0.2, 0.25) is 0 Å². The van der Waals surface area contributed by atoms with E-state index >= 15 is 0 Å². The third kappa shape index (κ3) is 2.15. The lowest BCUT2D eigenvalue weighted by molar-refractivity contribution is 0.0520. The minimum absolute atomic E-state index is 0.0146. The number of amides is 1. The quantitative estimate of drug-likeness (QED) is 0.633. The molecule has 0 saturated carbocycles. The molecule has 2 rings (SSSR count). The highest BCUT2D eigenvalue weighted by molar-refractivity contribution is 14.1. The van der Waals surface area contributed by atoms with Gasteiger partial charge in [0.25, 0.3) is 5.91 Å². The second-order valence-electron chi connectivity index (χ2n) is 3.79. The van der Waals surface area contributed by atoms with E-state index in [2.05, 4.69) is 10.4 Å². The van der Waals surface area contributed by atoms with Crippen LogP contribution in [0.5, 0.6) is 0 Å². The summed E-state index contributed by atoms with van der Waals surface area (Å²) in [5.41, 5.74) is 0.558. The van der Waals surface area contributed by atoms with Crippen molar-refractivity contribution in [1.29, 1.82) is 0 Å². The minimum Gasteiger partial charge on any atom is -0.462 e. The predicted octanol–water partition coefficient (Wildman–Crippen LogP) is 0.796. The van der Waals surface area contributed by atoms with Crippen molar-refractivity contribution < 1.29 is 14.3 Å². The first-order valence-corrected chi connectivity index (χ1v) is 6.36. The number of carbonyl (C=O) groups is 2. The molecule has 1 unspecified atom stereocenters. The molecule has 0 aromatic carbocycles. The maximum absolute atomic E-state index is 11.9. The number of fused-ring (bicyclic) bond motifs is 1. The molecule has 0 saturated heterocycles. The average Bonchev–Trinajstić information content (AvgIpc) is 2.54. The van der Waals surface area contributed by atoms with Gasteiger partial charge < -0.3 is 10.1 Å². The zero-order valence-corrected chi connectivity index (χ0v) is 11.6. The van der Waals surface area contributed by atoms with Crippen molar-refractivity contribution in [3.8, 4) is 0 Å². The van der Waals surface area contributed by atoms with Crippen LogP contribution >= 0.6 is 22.6 Å². The molecule has 0 radical (unpaired) electrons. The van der Waals surface area contributed by atoms with Crippen molar-refractivity contribution in [1.82, 2.24) is 15.1 Å². The molecule has 0 bridgehead atoms. The van der Waals surface area contributed by atoms with Crippen molar-refractivity contribution >= 4 is 34.5 Å². The fourth-order valence-corrected chi connectivity index (χ4v) is 2.51. The summed E-state index contributed by atoms with van der Waals surface area (Å²) in [6.07, 6.45) is 0. The van der Waals surface area contributed by atoms with Crippen LogP contribution in [0.4, 0.5) is 0 Å². The molecule has 1 aromatic heterocycles. The van der Waals surface area contributed by atoms with Crippen LogP contribution in [0, 0.1) is 3.70 Å². The summed E-state index contributed by atoms with van der Waals surface area (Å²) >= 11 is 1.94. The van der Waals surface area contributed by atoms with E-state index in [-0.39, 0.29) is 24.1 Å². The molecule has 6 nitrogen and oxygen atoms in total. The molecule has 1 aliphatic rings. The van der Waals surface area contributed by atoms with Gasteiger partial charge in [-0.1, -0.05) is 0 Å². The molecular weight excluding hydrogens is 337 g/mol. The van der Waals surface area contributed by atoms with Crippen molar-refractivity contribution in [3.63, 3.8) is 0 Å². The summed E-state index contributed by atoms with van der Waals surface area (Å²) in [7, 11) is 0. The number of ether oxygens (including phenoxy) is 1. The Morgan fingerprint density at radius 3 is 3.06 bits per heavy atom. The Labute approximate surface area is 112 Å². The van der Waals surface area contributed by atoms with Gasteiger partial charge in [-0.3, -0.25) is 9.48 Å². The van der Waals surface area contributed by atoms with Crippen LogP contribution < -0.4 is 5.32 Å². The van der Waals surface area contributed by atoms with Gasteiger partial charge in [0.1, 0.15) is 15.0 Å². The van der Waals surface area contributed by atoms with Crippen LogP contribution in [0.25, 0.3) is 0 Å². The highest BCUT2D eigenvalue weighted by Gasteiger charge is 2.32. The molecule has 92 valence electrons. The summed E-state index contributed by atoms with van der Waals surface area (Å²) < 4.78 is 7.00. The summed E-state index contributed by atoms with van der Waals surface area (Å²) in [5, 5.41) is 6.97. The first-order chi connectivity index (χ1) is 8.04. The smallest absolute Gasteiger partial charge is 0.343 e. The lowest BCUT2D eigenvalue weighted by Crippen LogP contribution is -2.43. The molecule has 1 aliphatic heterocycles. The summed E-state index contributed by atoms with van der Waals surface area (Å²) in [6, 6.07) is 0.0146. The van der Waals surface area contributed by atoms with E-state index in [1.165, 1.54) is 0 Å². The molecule has 1 aromatic rings. The Bertz CT molecular complexity index is 483. The Kier molecular flexibility index (Phi) is 3.36. The van der Waals surface area contributed by atoms with E-state index in [0.717, 1.165) is 0 Å². The van der Waals surface area contributed by atoms with Gasteiger partial charge in [-0.2, -0.15) is 5.10 Å². The fraction of sp³-hybridized carbons (Fsp3) is 0.500. The van der Waals surface area contributed by atoms with Crippen LogP contribution in [-0.2, 0) is 11.3 Å². The molecular formula is C10H12IN3O3. The molecule has 0 spiro atoms. The van der Waals surface area contributed by atoms with Gasteiger partial charge in [0.2, 0.25) is 0 Å². The zero-order chi connectivity index (χ0) is 12.6. The van der Waals surface area contributed by atoms with E-state index in [1.54, 1.807) is 11.6 Å². The Morgan fingerprint density at radius 1 is 1.71 bits per heavy atom. The van der Waals surface area contributed by atoms with Crippen molar-refractivity contribution in [2.24, 2.45) is 0 Å². The molecule has 1 atom stereocenters. The number of hydrogen-bond acceptors (Lipinski definition) is 4.